The van der Waals surface area contributed by atoms with Gasteiger partial charge < -0.3 is 15.0 Å². The van der Waals surface area contributed by atoms with Crippen LogP contribution >= 0.6 is 0 Å². The first kappa shape index (κ1) is 13.1. The Labute approximate surface area is 116 Å². The summed E-state index contributed by atoms with van der Waals surface area (Å²) in [5.41, 5.74) is 6.26. The van der Waals surface area contributed by atoms with Crippen LogP contribution < -0.4 is 10.5 Å². The SMILES string of the molecule is NCc1cc(F)ccc1OCc1nnc2n1CCCC2. The predicted molar refractivity (Wildman–Crippen MR) is 71.6 cm³/mol. The molecule has 0 bridgehead atoms. The third-order valence-corrected chi connectivity index (χ3v) is 3.54. The van der Waals surface area contributed by atoms with Gasteiger partial charge in [0.05, 0.1) is 0 Å². The summed E-state index contributed by atoms with van der Waals surface area (Å²) in [4.78, 5) is 0. The zero-order chi connectivity index (χ0) is 13.9. The lowest BCUT2D eigenvalue weighted by Gasteiger charge is -2.15. The molecule has 0 aliphatic carbocycles. The number of rotatable bonds is 4. The van der Waals surface area contributed by atoms with Crippen molar-refractivity contribution in [2.24, 2.45) is 5.73 Å². The fourth-order valence-corrected chi connectivity index (χ4v) is 2.47. The summed E-state index contributed by atoms with van der Waals surface area (Å²) in [6.45, 7) is 1.50. The fraction of sp³-hybridized carbons (Fsp3) is 0.429. The minimum Gasteiger partial charge on any atom is -0.485 e. The smallest absolute Gasteiger partial charge is 0.171 e. The molecule has 5 nitrogen and oxygen atoms in total. The lowest BCUT2D eigenvalue weighted by atomic mass is 10.2. The van der Waals surface area contributed by atoms with Crippen LogP contribution in [0.25, 0.3) is 0 Å². The average molecular weight is 276 g/mol. The van der Waals surface area contributed by atoms with Gasteiger partial charge in [-0.3, -0.25) is 0 Å². The predicted octanol–water partition coefficient (Wildman–Crippen LogP) is 1.79. The van der Waals surface area contributed by atoms with E-state index < -0.39 is 0 Å². The van der Waals surface area contributed by atoms with E-state index in [1.807, 2.05) is 0 Å². The van der Waals surface area contributed by atoms with Crippen molar-refractivity contribution in [3.8, 4) is 5.75 Å². The van der Waals surface area contributed by atoms with Crippen LogP contribution in [0, 0.1) is 5.82 Å². The molecule has 1 aromatic carbocycles. The molecule has 1 aromatic heterocycles. The highest BCUT2D eigenvalue weighted by atomic mass is 19.1. The topological polar surface area (TPSA) is 66.0 Å². The molecule has 3 rings (SSSR count). The second kappa shape index (κ2) is 5.58. The third kappa shape index (κ3) is 2.51. The van der Waals surface area contributed by atoms with Crippen molar-refractivity contribution < 1.29 is 9.13 Å². The molecule has 2 N–H and O–H groups in total. The van der Waals surface area contributed by atoms with E-state index in [1.54, 1.807) is 6.07 Å². The summed E-state index contributed by atoms with van der Waals surface area (Å²) in [7, 11) is 0. The average Bonchev–Trinajstić information content (AvgIpc) is 2.89. The Morgan fingerprint density at radius 2 is 2.20 bits per heavy atom. The summed E-state index contributed by atoms with van der Waals surface area (Å²) in [5.74, 6) is 2.12. The van der Waals surface area contributed by atoms with Crippen molar-refractivity contribution in [1.29, 1.82) is 0 Å². The standard InChI is InChI=1S/C14H17FN4O/c15-11-4-5-12(10(7-11)8-16)20-9-14-18-17-13-3-1-2-6-19(13)14/h4-5,7H,1-3,6,8-9,16H2. The lowest BCUT2D eigenvalue weighted by Crippen LogP contribution is -2.15. The summed E-state index contributed by atoms with van der Waals surface area (Å²) < 4.78 is 21.0. The Balaban J connectivity index is 1.75. The zero-order valence-corrected chi connectivity index (χ0v) is 11.2. The Kier molecular flexibility index (Phi) is 3.64. The van der Waals surface area contributed by atoms with Crippen molar-refractivity contribution in [3.63, 3.8) is 0 Å². The molecule has 2 aromatic rings. The number of aromatic nitrogens is 3. The second-order valence-corrected chi connectivity index (χ2v) is 4.89. The van der Waals surface area contributed by atoms with Crippen LogP contribution in [-0.2, 0) is 26.1 Å². The maximum Gasteiger partial charge on any atom is 0.171 e. The molecule has 0 saturated carbocycles. The van der Waals surface area contributed by atoms with Gasteiger partial charge in [0.15, 0.2) is 5.82 Å². The Morgan fingerprint density at radius 3 is 3.05 bits per heavy atom. The summed E-state index contributed by atoms with van der Waals surface area (Å²) in [6.07, 6.45) is 3.27. The van der Waals surface area contributed by atoms with Gasteiger partial charge in [-0.15, -0.1) is 10.2 Å². The van der Waals surface area contributed by atoms with Crippen molar-refractivity contribution >= 4 is 0 Å². The Morgan fingerprint density at radius 1 is 1.30 bits per heavy atom. The van der Waals surface area contributed by atoms with Gasteiger partial charge in [0, 0.05) is 25.1 Å². The van der Waals surface area contributed by atoms with Crippen LogP contribution in [0.4, 0.5) is 4.39 Å². The zero-order valence-electron chi connectivity index (χ0n) is 11.2. The van der Waals surface area contributed by atoms with E-state index in [0.717, 1.165) is 37.5 Å². The number of hydrogen-bond donors (Lipinski definition) is 1. The molecule has 0 saturated heterocycles. The van der Waals surface area contributed by atoms with E-state index in [-0.39, 0.29) is 12.4 Å². The molecule has 0 radical (unpaired) electrons. The van der Waals surface area contributed by atoms with Gasteiger partial charge in [-0.2, -0.15) is 0 Å². The molecule has 0 unspecified atom stereocenters. The molecule has 0 fully saturated rings. The van der Waals surface area contributed by atoms with Crippen LogP contribution in [0.1, 0.15) is 30.1 Å². The van der Waals surface area contributed by atoms with Gasteiger partial charge in [-0.05, 0) is 31.0 Å². The Bertz CT molecular complexity index is 611. The van der Waals surface area contributed by atoms with Crippen LogP contribution in [-0.4, -0.2) is 14.8 Å². The first-order valence-corrected chi connectivity index (χ1v) is 6.80. The van der Waals surface area contributed by atoms with Crippen LogP contribution in [0.15, 0.2) is 18.2 Å². The van der Waals surface area contributed by atoms with Gasteiger partial charge in [0.2, 0.25) is 0 Å². The van der Waals surface area contributed by atoms with Gasteiger partial charge in [-0.1, -0.05) is 0 Å². The number of hydrogen-bond acceptors (Lipinski definition) is 4. The van der Waals surface area contributed by atoms with E-state index in [0.29, 0.717) is 17.9 Å². The molecule has 106 valence electrons. The summed E-state index contributed by atoms with van der Waals surface area (Å²) in [5, 5.41) is 8.34. The van der Waals surface area contributed by atoms with E-state index in [9.17, 15) is 4.39 Å². The largest absolute Gasteiger partial charge is 0.485 e. The quantitative estimate of drug-likeness (QED) is 0.924. The van der Waals surface area contributed by atoms with E-state index in [2.05, 4.69) is 14.8 Å². The van der Waals surface area contributed by atoms with Crippen molar-refractivity contribution in [2.45, 2.75) is 39.0 Å². The summed E-state index contributed by atoms with van der Waals surface area (Å²) >= 11 is 0. The van der Waals surface area contributed by atoms with Crippen molar-refractivity contribution in [2.75, 3.05) is 0 Å². The molecule has 1 aliphatic rings. The van der Waals surface area contributed by atoms with E-state index in [4.69, 9.17) is 10.5 Å². The molecular formula is C14H17FN4O. The maximum absolute atomic E-state index is 13.1. The number of fused-ring (bicyclic) bond motifs is 1. The second-order valence-electron chi connectivity index (χ2n) is 4.89. The number of benzene rings is 1. The third-order valence-electron chi connectivity index (χ3n) is 3.54. The highest BCUT2D eigenvalue weighted by molar-refractivity contribution is 5.33. The van der Waals surface area contributed by atoms with Gasteiger partial charge >= 0.3 is 0 Å². The molecular weight excluding hydrogens is 259 g/mol. The van der Waals surface area contributed by atoms with E-state index in [1.165, 1.54) is 12.1 Å². The number of nitrogens with zero attached hydrogens (tertiary/aromatic N) is 3. The molecule has 1 aliphatic heterocycles. The van der Waals surface area contributed by atoms with Gasteiger partial charge in [0.1, 0.15) is 24.0 Å². The molecule has 0 amide bonds. The monoisotopic (exact) mass is 276 g/mol. The van der Waals surface area contributed by atoms with Crippen molar-refractivity contribution in [3.05, 3.63) is 41.2 Å². The Hall–Kier alpha value is -1.95. The fourth-order valence-electron chi connectivity index (χ4n) is 2.47. The summed E-state index contributed by atoms with van der Waals surface area (Å²) in [6, 6.07) is 4.37. The first-order chi connectivity index (χ1) is 9.78. The molecule has 6 heteroatoms. The highest BCUT2D eigenvalue weighted by Crippen LogP contribution is 2.21. The minimum absolute atomic E-state index is 0.241. The van der Waals surface area contributed by atoms with Crippen LogP contribution in [0.3, 0.4) is 0 Å². The molecule has 0 atom stereocenters. The van der Waals surface area contributed by atoms with E-state index >= 15 is 0 Å². The van der Waals surface area contributed by atoms with Crippen LogP contribution in [0.5, 0.6) is 5.75 Å². The highest BCUT2D eigenvalue weighted by Gasteiger charge is 2.16. The normalized spacial score (nSPS) is 14.1. The van der Waals surface area contributed by atoms with Crippen molar-refractivity contribution in [1.82, 2.24) is 14.8 Å². The maximum atomic E-state index is 13.1. The minimum atomic E-state index is -0.308. The number of nitrogens with two attached hydrogens (primary N) is 1. The molecule has 2 heterocycles. The van der Waals surface area contributed by atoms with Gasteiger partial charge in [0.25, 0.3) is 0 Å². The first-order valence-electron chi connectivity index (χ1n) is 6.80. The molecule has 20 heavy (non-hydrogen) atoms. The van der Waals surface area contributed by atoms with Crippen LogP contribution in [0.2, 0.25) is 0 Å². The number of aryl methyl sites for hydroxylation is 1. The number of ether oxygens (including phenoxy) is 1. The molecule has 0 spiro atoms. The lowest BCUT2D eigenvalue weighted by molar-refractivity contribution is 0.283. The number of halogens is 1. The van der Waals surface area contributed by atoms with Gasteiger partial charge in [-0.25, -0.2) is 4.39 Å².